The molecule has 0 aliphatic rings. The van der Waals surface area contributed by atoms with Gasteiger partial charge in [0, 0.05) is 13.0 Å². The van der Waals surface area contributed by atoms with E-state index in [1.54, 1.807) is 23.5 Å². The Bertz CT molecular complexity index is 567. The molecular weight excluding hydrogens is 256 g/mol. The Morgan fingerprint density at radius 2 is 2.00 bits per heavy atom. The minimum atomic E-state index is 0.0514. The quantitative estimate of drug-likeness (QED) is 0.908. The molecule has 1 heterocycles. The van der Waals surface area contributed by atoms with Crippen LogP contribution in [-0.4, -0.2) is 5.91 Å². The summed E-state index contributed by atoms with van der Waals surface area (Å²) in [6, 6.07) is 11.3. The van der Waals surface area contributed by atoms with E-state index in [1.165, 1.54) is 5.56 Å². The Balaban J connectivity index is 1.75. The predicted molar refractivity (Wildman–Crippen MR) is 75.6 cm³/mol. The Morgan fingerprint density at radius 1 is 1.21 bits per heavy atom. The second-order valence-electron chi connectivity index (χ2n) is 4.22. The van der Waals surface area contributed by atoms with Crippen molar-refractivity contribution < 1.29 is 4.79 Å². The summed E-state index contributed by atoms with van der Waals surface area (Å²) in [6.45, 7) is 0.508. The zero-order chi connectivity index (χ0) is 13.5. The van der Waals surface area contributed by atoms with Crippen LogP contribution in [-0.2, 0) is 17.8 Å². The molecule has 4 heteroatoms. The van der Waals surface area contributed by atoms with Crippen LogP contribution in [0.5, 0.6) is 0 Å². The van der Waals surface area contributed by atoms with E-state index in [1.807, 2.05) is 23.6 Å². The van der Waals surface area contributed by atoms with Crippen molar-refractivity contribution in [3.8, 4) is 6.07 Å². The summed E-state index contributed by atoms with van der Waals surface area (Å²) in [5.74, 6) is 0.0514. The largest absolute Gasteiger partial charge is 0.352 e. The highest BCUT2D eigenvalue weighted by atomic mass is 32.1. The van der Waals surface area contributed by atoms with E-state index in [-0.39, 0.29) is 5.91 Å². The number of carbonyl (C=O) groups is 1. The Kier molecular flexibility index (Phi) is 4.71. The summed E-state index contributed by atoms with van der Waals surface area (Å²) >= 11 is 1.65. The van der Waals surface area contributed by atoms with Crippen LogP contribution in [0, 0.1) is 11.3 Å². The van der Waals surface area contributed by atoms with Gasteiger partial charge in [-0.1, -0.05) is 12.1 Å². The predicted octanol–water partition coefficient (Wildman–Crippen LogP) is 2.87. The summed E-state index contributed by atoms with van der Waals surface area (Å²) in [7, 11) is 0. The lowest BCUT2D eigenvalue weighted by Gasteiger charge is -2.05. The van der Waals surface area contributed by atoms with Gasteiger partial charge in [0.05, 0.1) is 11.6 Å². The molecule has 2 aromatic rings. The van der Waals surface area contributed by atoms with Gasteiger partial charge in [0.2, 0.25) is 5.91 Å². The van der Waals surface area contributed by atoms with E-state index in [0.717, 1.165) is 12.0 Å². The third kappa shape index (κ3) is 4.23. The smallest absolute Gasteiger partial charge is 0.220 e. The highest BCUT2D eigenvalue weighted by molar-refractivity contribution is 7.07. The maximum absolute atomic E-state index is 11.7. The van der Waals surface area contributed by atoms with Gasteiger partial charge in [-0.05, 0) is 46.5 Å². The lowest BCUT2D eigenvalue weighted by molar-refractivity contribution is -0.121. The number of nitrogens with one attached hydrogen (secondary N) is 1. The summed E-state index contributed by atoms with van der Waals surface area (Å²) < 4.78 is 0. The van der Waals surface area contributed by atoms with Gasteiger partial charge < -0.3 is 5.32 Å². The molecule has 1 aromatic heterocycles. The van der Waals surface area contributed by atoms with E-state index in [4.69, 9.17) is 5.26 Å². The fourth-order valence-electron chi connectivity index (χ4n) is 1.68. The van der Waals surface area contributed by atoms with Gasteiger partial charge in [0.1, 0.15) is 0 Å². The van der Waals surface area contributed by atoms with Gasteiger partial charge >= 0.3 is 0 Å². The van der Waals surface area contributed by atoms with Gasteiger partial charge in [0.15, 0.2) is 0 Å². The highest BCUT2D eigenvalue weighted by Crippen LogP contribution is 2.08. The van der Waals surface area contributed by atoms with Gasteiger partial charge in [-0.2, -0.15) is 16.6 Å². The number of nitriles is 1. The molecule has 0 fully saturated rings. The van der Waals surface area contributed by atoms with Crippen LogP contribution < -0.4 is 5.32 Å². The summed E-state index contributed by atoms with van der Waals surface area (Å²) in [5.41, 5.74) is 2.84. The fourth-order valence-corrected chi connectivity index (χ4v) is 2.38. The Hall–Kier alpha value is -2.12. The van der Waals surface area contributed by atoms with Crippen molar-refractivity contribution in [3.63, 3.8) is 0 Å². The highest BCUT2D eigenvalue weighted by Gasteiger charge is 2.02. The summed E-state index contributed by atoms with van der Waals surface area (Å²) in [4.78, 5) is 11.7. The minimum absolute atomic E-state index is 0.0514. The van der Waals surface area contributed by atoms with Crippen LogP contribution in [0.1, 0.15) is 23.1 Å². The zero-order valence-electron chi connectivity index (χ0n) is 10.4. The van der Waals surface area contributed by atoms with Crippen molar-refractivity contribution in [1.29, 1.82) is 5.26 Å². The number of rotatable bonds is 5. The van der Waals surface area contributed by atoms with Crippen LogP contribution in [0.4, 0.5) is 0 Å². The van der Waals surface area contributed by atoms with Gasteiger partial charge in [-0.25, -0.2) is 0 Å². The number of nitrogens with zero attached hydrogens (tertiary/aromatic N) is 1. The van der Waals surface area contributed by atoms with E-state index >= 15 is 0 Å². The van der Waals surface area contributed by atoms with Crippen LogP contribution >= 0.6 is 11.3 Å². The van der Waals surface area contributed by atoms with E-state index in [9.17, 15) is 4.79 Å². The van der Waals surface area contributed by atoms with Crippen LogP contribution in [0.3, 0.4) is 0 Å². The van der Waals surface area contributed by atoms with Crippen molar-refractivity contribution in [1.82, 2.24) is 5.32 Å². The van der Waals surface area contributed by atoms with E-state index in [0.29, 0.717) is 18.5 Å². The third-order valence-electron chi connectivity index (χ3n) is 2.79. The van der Waals surface area contributed by atoms with Crippen molar-refractivity contribution in [2.75, 3.05) is 0 Å². The number of hydrogen-bond donors (Lipinski definition) is 1. The van der Waals surface area contributed by atoms with Gasteiger partial charge in [-0.15, -0.1) is 0 Å². The van der Waals surface area contributed by atoms with Crippen LogP contribution in [0.15, 0.2) is 41.1 Å². The van der Waals surface area contributed by atoms with Gasteiger partial charge in [-0.3, -0.25) is 4.79 Å². The van der Waals surface area contributed by atoms with E-state index < -0.39 is 0 Å². The van der Waals surface area contributed by atoms with Crippen molar-refractivity contribution >= 4 is 17.2 Å². The van der Waals surface area contributed by atoms with E-state index in [2.05, 4.69) is 16.8 Å². The molecule has 0 saturated carbocycles. The molecule has 0 aliphatic heterocycles. The Labute approximate surface area is 116 Å². The van der Waals surface area contributed by atoms with Gasteiger partial charge in [0.25, 0.3) is 0 Å². The molecule has 0 unspecified atom stereocenters. The topological polar surface area (TPSA) is 52.9 Å². The maximum atomic E-state index is 11.7. The molecular formula is C15H14N2OS. The van der Waals surface area contributed by atoms with Crippen molar-refractivity contribution in [3.05, 3.63) is 57.8 Å². The van der Waals surface area contributed by atoms with Crippen LogP contribution in [0.25, 0.3) is 0 Å². The minimum Gasteiger partial charge on any atom is -0.352 e. The molecule has 1 amide bonds. The lowest BCUT2D eigenvalue weighted by Crippen LogP contribution is -2.22. The lowest BCUT2D eigenvalue weighted by atomic mass is 10.1. The number of benzene rings is 1. The monoisotopic (exact) mass is 270 g/mol. The number of aryl methyl sites for hydroxylation is 1. The first-order chi connectivity index (χ1) is 9.28. The zero-order valence-corrected chi connectivity index (χ0v) is 11.2. The molecule has 19 heavy (non-hydrogen) atoms. The molecule has 96 valence electrons. The first kappa shape index (κ1) is 13.3. The molecule has 2 rings (SSSR count). The first-order valence-corrected chi connectivity index (χ1v) is 6.99. The fraction of sp³-hybridized carbons (Fsp3) is 0.200. The van der Waals surface area contributed by atoms with Crippen molar-refractivity contribution in [2.24, 2.45) is 0 Å². The number of carbonyl (C=O) groups excluding carboxylic acids is 1. The standard InChI is InChI=1S/C15H14N2OS/c16-9-12-1-3-13(4-2-12)10-17-15(18)6-5-14-7-8-19-11-14/h1-4,7-8,11H,5-6,10H2,(H,17,18). The van der Waals surface area contributed by atoms with Crippen LogP contribution in [0.2, 0.25) is 0 Å². The Morgan fingerprint density at radius 3 is 2.63 bits per heavy atom. The second kappa shape index (κ2) is 6.72. The molecule has 0 atom stereocenters. The number of hydrogen-bond acceptors (Lipinski definition) is 3. The molecule has 0 bridgehead atoms. The number of thiophene rings is 1. The molecule has 1 N–H and O–H groups in total. The summed E-state index contributed by atoms with van der Waals surface area (Å²) in [6.07, 6.45) is 1.29. The molecule has 0 aliphatic carbocycles. The molecule has 1 aromatic carbocycles. The first-order valence-electron chi connectivity index (χ1n) is 6.05. The SMILES string of the molecule is N#Cc1ccc(CNC(=O)CCc2ccsc2)cc1. The maximum Gasteiger partial charge on any atom is 0.220 e. The molecule has 0 radical (unpaired) electrons. The molecule has 0 saturated heterocycles. The molecule has 0 spiro atoms. The second-order valence-corrected chi connectivity index (χ2v) is 5.00. The van der Waals surface area contributed by atoms with Crippen molar-refractivity contribution in [2.45, 2.75) is 19.4 Å². The summed E-state index contributed by atoms with van der Waals surface area (Å²) in [5, 5.41) is 15.6. The third-order valence-corrected chi connectivity index (χ3v) is 3.53. The average Bonchev–Trinajstić information content (AvgIpc) is 2.96. The molecule has 3 nitrogen and oxygen atoms in total. The number of amides is 1. The normalized spacial score (nSPS) is 9.84. The average molecular weight is 270 g/mol.